The van der Waals surface area contributed by atoms with Crippen molar-refractivity contribution < 1.29 is 9.15 Å². The van der Waals surface area contributed by atoms with Crippen molar-refractivity contribution in [2.45, 2.75) is 26.8 Å². The zero-order chi connectivity index (χ0) is 24.5. The molecule has 0 saturated heterocycles. The van der Waals surface area contributed by atoms with Crippen LogP contribution in [0.2, 0.25) is 0 Å². The number of aryl methyl sites for hydroxylation is 1. The number of H-pyrrole nitrogens is 1. The van der Waals surface area contributed by atoms with E-state index >= 15 is 0 Å². The van der Waals surface area contributed by atoms with Crippen LogP contribution in [0.1, 0.15) is 29.7 Å². The van der Waals surface area contributed by atoms with Crippen molar-refractivity contribution in [3.63, 3.8) is 0 Å². The molecule has 0 unspecified atom stereocenters. The molecule has 0 aliphatic heterocycles. The predicted octanol–water partition coefficient (Wildman–Crippen LogP) is 4.83. The Morgan fingerprint density at radius 1 is 1.09 bits per heavy atom. The largest absolute Gasteiger partial charge is 0.481 e. The van der Waals surface area contributed by atoms with Crippen molar-refractivity contribution in [1.29, 1.82) is 0 Å². The first-order valence-corrected chi connectivity index (χ1v) is 11.1. The Hall–Kier alpha value is -4.53. The molecule has 35 heavy (non-hydrogen) atoms. The summed E-state index contributed by atoms with van der Waals surface area (Å²) in [6.07, 6.45) is 0. The Kier molecular flexibility index (Phi) is 5.74. The van der Waals surface area contributed by atoms with Crippen LogP contribution in [-0.4, -0.2) is 32.7 Å². The van der Waals surface area contributed by atoms with Crippen molar-refractivity contribution in [3.05, 3.63) is 81.5 Å². The number of rotatable bonds is 6. The molecule has 9 heteroatoms. The van der Waals surface area contributed by atoms with Crippen LogP contribution in [0.4, 0.5) is 5.69 Å². The van der Waals surface area contributed by atoms with E-state index in [1.54, 1.807) is 20.1 Å². The Morgan fingerprint density at radius 3 is 2.60 bits per heavy atom. The zero-order valence-electron chi connectivity index (χ0n) is 19.8. The lowest BCUT2D eigenvalue weighted by molar-refractivity contribution is 0.398. The lowest BCUT2D eigenvalue weighted by Gasteiger charge is -2.20. The van der Waals surface area contributed by atoms with Gasteiger partial charge in [-0.25, -0.2) is 4.98 Å². The van der Waals surface area contributed by atoms with Crippen LogP contribution in [0.15, 0.2) is 63.8 Å². The Labute approximate surface area is 201 Å². The van der Waals surface area contributed by atoms with Crippen LogP contribution < -0.4 is 15.5 Å². The number of methoxy groups -OCH3 is 1. The molecule has 0 saturated carbocycles. The Bertz CT molecular complexity index is 1560. The Morgan fingerprint density at radius 2 is 1.89 bits per heavy atom. The van der Waals surface area contributed by atoms with E-state index in [-0.39, 0.29) is 11.5 Å². The van der Waals surface area contributed by atoms with Crippen molar-refractivity contribution in [2.75, 3.05) is 12.4 Å². The monoisotopic (exact) mass is 468 g/mol. The van der Waals surface area contributed by atoms with Gasteiger partial charge in [-0.15, -0.1) is 10.2 Å². The van der Waals surface area contributed by atoms with Crippen LogP contribution in [0.25, 0.3) is 33.8 Å². The third kappa shape index (κ3) is 4.12. The van der Waals surface area contributed by atoms with E-state index in [0.29, 0.717) is 45.4 Å². The van der Waals surface area contributed by atoms with Gasteiger partial charge in [-0.2, -0.15) is 5.21 Å². The highest BCUT2D eigenvalue weighted by Gasteiger charge is 2.21. The van der Waals surface area contributed by atoms with Gasteiger partial charge in [0, 0.05) is 22.8 Å². The molecule has 0 amide bonds. The molecule has 5 aromatic rings. The lowest BCUT2D eigenvalue weighted by Crippen LogP contribution is -2.13. The van der Waals surface area contributed by atoms with Gasteiger partial charge < -0.3 is 14.5 Å². The zero-order valence-corrected chi connectivity index (χ0v) is 19.8. The van der Waals surface area contributed by atoms with Crippen molar-refractivity contribution in [1.82, 2.24) is 25.6 Å². The van der Waals surface area contributed by atoms with Crippen molar-refractivity contribution in [3.8, 4) is 28.7 Å². The Balaban J connectivity index is 1.64. The number of fused-ring (bicyclic) bond motifs is 1. The summed E-state index contributed by atoms with van der Waals surface area (Å²) in [6.45, 7) is 5.77. The number of aromatic nitrogens is 5. The van der Waals surface area contributed by atoms with Gasteiger partial charge in [0.25, 0.3) is 0 Å². The fourth-order valence-electron chi connectivity index (χ4n) is 4.17. The van der Waals surface area contributed by atoms with Gasteiger partial charge in [-0.3, -0.25) is 4.79 Å². The number of hydrogen-bond donors (Lipinski definition) is 2. The molecule has 2 N–H and O–H groups in total. The maximum absolute atomic E-state index is 13.4. The second-order valence-corrected chi connectivity index (χ2v) is 8.33. The first-order valence-electron chi connectivity index (χ1n) is 11.1. The fourth-order valence-corrected chi connectivity index (χ4v) is 4.17. The molecule has 0 aliphatic rings. The number of tetrazole rings is 1. The van der Waals surface area contributed by atoms with E-state index in [4.69, 9.17) is 9.15 Å². The van der Waals surface area contributed by atoms with Crippen LogP contribution in [0.5, 0.6) is 5.88 Å². The molecule has 0 spiro atoms. The molecule has 1 atom stereocenters. The molecule has 9 nitrogen and oxygen atoms in total. The van der Waals surface area contributed by atoms with Crippen molar-refractivity contribution in [2.24, 2.45) is 0 Å². The van der Waals surface area contributed by atoms with Gasteiger partial charge in [0.2, 0.25) is 11.7 Å². The number of hydrogen-bond acceptors (Lipinski definition) is 8. The lowest BCUT2D eigenvalue weighted by atomic mass is 9.98. The van der Waals surface area contributed by atoms with Crippen molar-refractivity contribution >= 4 is 16.7 Å². The molecular formula is C26H24N6O3. The quantitative estimate of drug-likeness (QED) is 0.364. The highest BCUT2D eigenvalue weighted by Crippen LogP contribution is 2.34. The summed E-state index contributed by atoms with van der Waals surface area (Å²) in [5.41, 5.74) is 4.94. The van der Waals surface area contributed by atoms with Gasteiger partial charge >= 0.3 is 0 Å². The minimum absolute atomic E-state index is 0.0409. The van der Waals surface area contributed by atoms with Gasteiger partial charge in [-0.1, -0.05) is 36.4 Å². The SMILES string of the molecule is COc1ccc(N[C@H](C)c2cc(C)cc3c(=O)c(C)c(-c4ccccc4)oc23)c(-c2nn[nH]n2)n1. The average Bonchev–Trinajstić information content (AvgIpc) is 3.41. The topological polar surface area (TPSA) is 119 Å². The molecule has 0 bridgehead atoms. The van der Waals surface area contributed by atoms with E-state index in [1.165, 1.54) is 0 Å². The molecule has 0 radical (unpaired) electrons. The number of ether oxygens (including phenoxy) is 1. The van der Waals surface area contributed by atoms with Crippen LogP contribution in [0.3, 0.4) is 0 Å². The number of nitrogens with zero attached hydrogens (tertiary/aromatic N) is 4. The molecule has 176 valence electrons. The van der Waals surface area contributed by atoms with Gasteiger partial charge in [0.05, 0.1) is 24.2 Å². The molecule has 2 aromatic carbocycles. The molecular weight excluding hydrogens is 444 g/mol. The van der Waals surface area contributed by atoms with Crippen LogP contribution in [0, 0.1) is 13.8 Å². The highest BCUT2D eigenvalue weighted by molar-refractivity contribution is 5.85. The van der Waals surface area contributed by atoms with E-state index in [0.717, 1.165) is 16.7 Å². The minimum atomic E-state index is -0.243. The summed E-state index contributed by atoms with van der Waals surface area (Å²) in [4.78, 5) is 17.9. The van der Waals surface area contributed by atoms with E-state index in [2.05, 4.69) is 30.9 Å². The second-order valence-electron chi connectivity index (χ2n) is 8.33. The average molecular weight is 469 g/mol. The second kappa shape index (κ2) is 9.02. The summed E-state index contributed by atoms with van der Waals surface area (Å²) in [7, 11) is 1.55. The smallest absolute Gasteiger partial charge is 0.225 e. The molecule has 3 aromatic heterocycles. The maximum atomic E-state index is 13.4. The third-order valence-electron chi connectivity index (χ3n) is 5.90. The summed E-state index contributed by atoms with van der Waals surface area (Å²) in [5.74, 6) is 1.33. The summed E-state index contributed by atoms with van der Waals surface area (Å²) in [5, 5.41) is 18.3. The first-order chi connectivity index (χ1) is 17.0. The van der Waals surface area contributed by atoms with Gasteiger partial charge in [-0.05, 0) is 43.7 Å². The standard InChI is InChI=1S/C26H24N6O3/c1-14-12-18(16(3)27-20-10-11-21(34-4)28-22(20)26-29-31-32-30-26)25-19(13-14)23(33)15(2)24(35-25)17-8-6-5-7-9-17/h5-13,16,27H,1-4H3,(H,29,30,31,32)/t16-/m1/s1. The fraction of sp³-hybridized carbons (Fsp3) is 0.192. The highest BCUT2D eigenvalue weighted by atomic mass is 16.5. The number of anilines is 1. The number of aromatic amines is 1. The minimum Gasteiger partial charge on any atom is -0.481 e. The third-order valence-corrected chi connectivity index (χ3v) is 5.90. The normalized spacial score (nSPS) is 12.0. The van der Waals surface area contributed by atoms with Crippen LogP contribution >= 0.6 is 0 Å². The molecule has 3 heterocycles. The summed E-state index contributed by atoms with van der Waals surface area (Å²) >= 11 is 0. The molecule has 5 rings (SSSR count). The first kappa shape index (κ1) is 22.3. The van der Waals surface area contributed by atoms with Gasteiger partial charge in [0.15, 0.2) is 5.43 Å². The van der Waals surface area contributed by atoms with Gasteiger partial charge in [0.1, 0.15) is 17.0 Å². The van der Waals surface area contributed by atoms with E-state index < -0.39 is 0 Å². The number of benzene rings is 2. The molecule has 0 aliphatic carbocycles. The maximum Gasteiger partial charge on any atom is 0.225 e. The number of nitrogens with one attached hydrogen (secondary N) is 2. The summed E-state index contributed by atoms with van der Waals surface area (Å²) < 4.78 is 11.7. The van der Waals surface area contributed by atoms with E-state index in [1.807, 2.05) is 62.4 Å². The molecule has 0 fully saturated rings. The van der Waals surface area contributed by atoms with E-state index in [9.17, 15) is 4.79 Å². The summed E-state index contributed by atoms with van der Waals surface area (Å²) in [6, 6.07) is 16.9. The number of pyridine rings is 1. The van der Waals surface area contributed by atoms with Crippen LogP contribution in [-0.2, 0) is 0 Å². The predicted molar refractivity (Wildman–Crippen MR) is 133 cm³/mol.